The van der Waals surface area contributed by atoms with Crippen LogP contribution in [0.5, 0.6) is 0 Å². The summed E-state index contributed by atoms with van der Waals surface area (Å²) >= 11 is 0. The highest BCUT2D eigenvalue weighted by molar-refractivity contribution is 4.73. The fourth-order valence-corrected chi connectivity index (χ4v) is 2.50. The molecular formula is C18H38. The first-order valence-corrected chi connectivity index (χ1v) is 8.54. The van der Waals surface area contributed by atoms with Gasteiger partial charge in [0.15, 0.2) is 0 Å². The summed E-state index contributed by atoms with van der Waals surface area (Å²) in [6.07, 6.45) is 15.8. The van der Waals surface area contributed by atoms with E-state index in [4.69, 9.17) is 0 Å². The second-order valence-corrected chi connectivity index (χ2v) is 6.86. The van der Waals surface area contributed by atoms with Crippen molar-refractivity contribution in [2.45, 2.75) is 105 Å². The second-order valence-electron chi connectivity index (χ2n) is 6.86. The number of unbranched alkanes of at least 4 members (excludes halogenated alkanes) is 8. The van der Waals surface area contributed by atoms with Crippen molar-refractivity contribution in [3.63, 3.8) is 0 Å². The summed E-state index contributed by atoms with van der Waals surface area (Å²) in [7, 11) is 0. The number of rotatable bonds is 12. The van der Waals surface area contributed by atoms with E-state index < -0.39 is 0 Å². The van der Waals surface area contributed by atoms with Crippen LogP contribution in [0, 0.1) is 11.3 Å². The molecule has 0 aromatic rings. The van der Waals surface area contributed by atoms with Crippen LogP contribution in [-0.2, 0) is 0 Å². The van der Waals surface area contributed by atoms with Gasteiger partial charge in [0, 0.05) is 0 Å². The van der Waals surface area contributed by atoms with Crippen LogP contribution in [0.1, 0.15) is 105 Å². The first kappa shape index (κ1) is 18.0. The Morgan fingerprint density at radius 3 is 1.61 bits per heavy atom. The molecule has 0 aromatic carbocycles. The van der Waals surface area contributed by atoms with Crippen molar-refractivity contribution in [2.24, 2.45) is 11.3 Å². The molecule has 110 valence electrons. The molecule has 18 heavy (non-hydrogen) atoms. The Morgan fingerprint density at radius 1 is 0.722 bits per heavy atom. The van der Waals surface area contributed by atoms with Crippen LogP contribution < -0.4 is 0 Å². The molecule has 0 saturated heterocycles. The van der Waals surface area contributed by atoms with E-state index in [1.54, 1.807) is 0 Å². The summed E-state index contributed by atoms with van der Waals surface area (Å²) in [4.78, 5) is 0. The van der Waals surface area contributed by atoms with Crippen LogP contribution >= 0.6 is 0 Å². The fraction of sp³-hybridized carbons (Fsp3) is 1.00. The van der Waals surface area contributed by atoms with Crippen molar-refractivity contribution in [3.8, 4) is 0 Å². The van der Waals surface area contributed by atoms with Crippen LogP contribution in [0.15, 0.2) is 0 Å². The van der Waals surface area contributed by atoms with Crippen molar-refractivity contribution in [2.75, 3.05) is 0 Å². The van der Waals surface area contributed by atoms with Crippen molar-refractivity contribution >= 4 is 0 Å². The molecule has 0 aliphatic carbocycles. The van der Waals surface area contributed by atoms with Crippen molar-refractivity contribution in [3.05, 3.63) is 0 Å². The van der Waals surface area contributed by atoms with Crippen molar-refractivity contribution in [1.29, 1.82) is 0 Å². The van der Waals surface area contributed by atoms with Gasteiger partial charge in [0.2, 0.25) is 0 Å². The minimum Gasteiger partial charge on any atom is -0.0654 e. The maximum atomic E-state index is 2.44. The van der Waals surface area contributed by atoms with Gasteiger partial charge in [0.05, 0.1) is 0 Å². The van der Waals surface area contributed by atoms with E-state index in [9.17, 15) is 0 Å². The van der Waals surface area contributed by atoms with E-state index in [0.29, 0.717) is 5.41 Å². The molecule has 1 unspecified atom stereocenters. The zero-order chi connectivity index (χ0) is 13.9. The molecule has 0 aliphatic heterocycles. The first-order chi connectivity index (χ1) is 8.54. The van der Waals surface area contributed by atoms with Gasteiger partial charge < -0.3 is 0 Å². The van der Waals surface area contributed by atoms with Crippen LogP contribution in [-0.4, -0.2) is 0 Å². The quantitative estimate of drug-likeness (QED) is 0.329. The molecule has 1 atom stereocenters. The van der Waals surface area contributed by atoms with Gasteiger partial charge in [-0.2, -0.15) is 0 Å². The Labute approximate surface area is 117 Å². The van der Waals surface area contributed by atoms with Gasteiger partial charge in [-0.1, -0.05) is 105 Å². The minimum atomic E-state index is 0.542. The van der Waals surface area contributed by atoms with Crippen LogP contribution in [0.25, 0.3) is 0 Å². The third kappa shape index (κ3) is 9.00. The summed E-state index contributed by atoms with van der Waals surface area (Å²) in [6.45, 7) is 11.9. The van der Waals surface area contributed by atoms with Gasteiger partial charge in [-0.25, -0.2) is 0 Å². The number of hydrogen-bond donors (Lipinski definition) is 0. The summed E-state index contributed by atoms with van der Waals surface area (Å²) in [5, 5.41) is 0. The van der Waals surface area contributed by atoms with E-state index in [1.165, 1.54) is 70.6 Å². The van der Waals surface area contributed by atoms with E-state index in [2.05, 4.69) is 34.6 Å². The molecule has 0 amide bonds. The summed E-state index contributed by atoms with van der Waals surface area (Å²) in [5.74, 6) is 0.882. The smallest absolute Gasteiger partial charge is 0.0331 e. The van der Waals surface area contributed by atoms with E-state index >= 15 is 0 Å². The van der Waals surface area contributed by atoms with E-state index in [0.717, 1.165) is 5.92 Å². The average molecular weight is 255 g/mol. The molecule has 0 aromatic heterocycles. The molecule has 0 rings (SSSR count). The van der Waals surface area contributed by atoms with E-state index in [-0.39, 0.29) is 0 Å². The van der Waals surface area contributed by atoms with Gasteiger partial charge >= 0.3 is 0 Å². The maximum absolute atomic E-state index is 2.44. The average Bonchev–Trinajstić information content (AvgIpc) is 2.36. The standard InChI is InChI=1S/C18H38/c1-6-8-9-10-11-12-13-14-15-16-17(3)18(4,5)7-2/h17H,6-16H2,1-5H3. The van der Waals surface area contributed by atoms with Crippen LogP contribution in [0.3, 0.4) is 0 Å². The lowest BCUT2D eigenvalue weighted by Gasteiger charge is -2.30. The lowest BCUT2D eigenvalue weighted by Crippen LogP contribution is -2.20. The second kappa shape index (κ2) is 10.9. The summed E-state index contributed by atoms with van der Waals surface area (Å²) in [5.41, 5.74) is 0.542. The Morgan fingerprint density at radius 2 is 1.17 bits per heavy atom. The molecule has 0 spiro atoms. The fourth-order valence-electron chi connectivity index (χ4n) is 2.50. The molecule has 0 nitrogen and oxygen atoms in total. The van der Waals surface area contributed by atoms with Crippen LogP contribution in [0.4, 0.5) is 0 Å². The minimum absolute atomic E-state index is 0.542. The summed E-state index contributed by atoms with van der Waals surface area (Å²) in [6, 6.07) is 0. The molecule has 0 saturated carbocycles. The lowest BCUT2D eigenvalue weighted by molar-refractivity contribution is 0.204. The summed E-state index contributed by atoms with van der Waals surface area (Å²) < 4.78 is 0. The molecule has 0 radical (unpaired) electrons. The monoisotopic (exact) mass is 254 g/mol. The normalized spacial score (nSPS) is 13.8. The predicted molar refractivity (Wildman–Crippen MR) is 85.1 cm³/mol. The highest BCUT2D eigenvalue weighted by Crippen LogP contribution is 2.33. The topological polar surface area (TPSA) is 0 Å². The lowest BCUT2D eigenvalue weighted by atomic mass is 9.75. The Kier molecular flexibility index (Phi) is 10.9. The predicted octanol–water partition coefficient (Wildman–Crippen LogP) is 6.98. The maximum Gasteiger partial charge on any atom is -0.0331 e. The highest BCUT2D eigenvalue weighted by atomic mass is 14.3. The van der Waals surface area contributed by atoms with Gasteiger partial charge in [0.25, 0.3) is 0 Å². The van der Waals surface area contributed by atoms with Gasteiger partial charge in [0.1, 0.15) is 0 Å². The van der Waals surface area contributed by atoms with Gasteiger partial charge in [-0.15, -0.1) is 0 Å². The van der Waals surface area contributed by atoms with Crippen molar-refractivity contribution < 1.29 is 0 Å². The van der Waals surface area contributed by atoms with Crippen molar-refractivity contribution in [1.82, 2.24) is 0 Å². The molecule has 0 N–H and O–H groups in total. The highest BCUT2D eigenvalue weighted by Gasteiger charge is 2.22. The Balaban J connectivity index is 3.30. The molecule has 0 heteroatoms. The third-order valence-corrected chi connectivity index (χ3v) is 4.99. The van der Waals surface area contributed by atoms with E-state index in [1.807, 2.05) is 0 Å². The first-order valence-electron chi connectivity index (χ1n) is 8.54. The van der Waals surface area contributed by atoms with Gasteiger partial charge in [-0.05, 0) is 11.3 Å². The Hall–Kier alpha value is 0. The SMILES string of the molecule is CCCCCCCCCCCC(C)C(C)(C)CC. The Bertz CT molecular complexity index is 169. The zero-order valence-corrected chi connectivity index (χ0v) is 13.9. The molecule has 0 aliphatic rings. The molecule has 0 heterocycles. The third-order valence-electron chi connectivity index (χ3n) is 4.99. The van der Waals surface area contributed by atoms with Gasteiger partial charge in [-0.3, -0.25) is 0 Å². The largest absolute Gasteiger partial charge is 0.0654 e. The molecule has 0 bridgehead atoms. The zero-order valence-electron chi connectivity index (χ0n) is 13.9. The molecular weight excluding hydrogens is 216 g/mol. The van der Waals surface area contributed by atoms with Crippen LogP contribution in [0.2, 0.25) is 0 Å². The number of hydrogen-bond acceptors (Lipinski definition) is 0. The molecule has 0 fully saturated rings.